The number of methoxy groups -OCH3 is 2. The van der Waals surface area contributed by atoms with Crippen LogP contribution in [0.3, 0.4) is 0 Å². The lowest BCUT2D eigenvalue weighted by Gasteiger charge is -2.45. The number of fused-ring (bicyclic) bond motifs is 1. The van der Waals surface area contributed by atoms with E-state index in [1.54, 1.807) is 14.2 Å². The zero-order chi connectivity index (χ0) is 15.5. The van der Waals surface area contributed by atoms with Crippen LogP contribution in [0.2, 0.25) is 0 Å². The fourth-order valence-corrected chi connectivity index (χ4v) is 3.17. The van der Waals surface area contributed by atoms with Crippen molar-refractivity contribution in [3.63, 3.8) is 0 Å². The second-order valence-electron chi connectivity index (χ2n) is 5.72. The maximum Gasteiger partial charge on any atom is 0.193 e. The van der Waals surface area contributed by atoms with Crippen molar-refractivity contribution in [2.45, 2.75) is 31.4 Å². The van der Waals surface area contributed by atoms with Gasteiger partial charge in [-0.2, -0.15) is 0 Å². The van der Waals surface area contributed by atoms with E-state index in [4.69, 9.17) is 19.9 Å². The highest BCUT2D eigenvalue weighted by Crippen LogP contribution is 2.40. The van der Waals surface area contributed by atoms with Crippen molar-refractivity contribution >= 4 is 35.6 Å². The zero-order valence-corrected chi connectivity index (χ0v) is 15.8. The number of nitrogens with one attached hydrogen (secondary N) is 1. The number of anilines is 1. The largest absolute Gasteiger partial charge is 0.497 e. The average molecular weight is 433 g/mol. The number of hydrogen-bond donors (Lipinski definition) is 2. The molecule has 0 spiro atoms. The second-order valence-corrected chi connectivity index (χ2v) is 5.72. The number of rotatable bonds is 4. The number of ether oxygens (including phenoxy) is 3. The predicted molar refractivity (Wildman–Crippen MR) is 101 cm³/mol. The van der Waals surface area contributed by atoms with E-state index in [-0.39, 0.29) is 30.0 Å². The Labute approximate surface area is 153 Å². The highest BCUT2D eigenvalue weighted by molar-refractivity contribution is 14.0. The van der Waals surface area contributed by atoms with E-state index in [0.29, 0.717) is 23.7 Å². The van der Waals surface area contributed by atoms with Gasteiger partial charge in [-0.1, -0.05) is 0 Å². The van der Waals surface area contributed by atoms with Crippen molar-refractivity contribution in [3.05, 3.63) is 18.2 Å². The number of hydrogen-bond acceptors (Lipinski definition) is 4. The number of nitrogens with two attached hydrogens (primary N) is 1. The molecule has 2 aliphatic rings. The second kappa shape index (κ2) is 8.05. The summed E-state index contributed by atoms with van der Waals surface area (Å²) in [5, 5.41) is 3.11. The number of benzene rings is 1. The zero-order valence-electron chi connectivity index (χ0n) is 13.5. The lowest BCUT2D eigenvalue weighted by Crippen LogP contribution is -2.49. The molecule has 1 saturated carbocycles. The molecule has 3 N–H and O–H groups in total. The van der Waals surface area contributed by atoms with Crippen LogP contribution >= 0.6 is 24.0 Å². The summed E-state index contributed by atoms with van der Waals surface area (Å²) in [4.78, 5) is 4.60. The van der Waals surface area contributed by atoms with Gasteiger partial charge in [0.25, 0.3) is 0 Å². The maximum atomic E-state index is 6.05. The standard InChI is InChI=1S/C16H23N3O3.HI/c1-20-10-5-6-14(21-2)13(8-10)19-16(17)18-12-9-15-11(12)4-3-7-22-15;/h5-6,8,11-12,15H,3-4,7,9H2,1-2H3,(H3,17,18,19);1H. The number of halogens is 1. The van der Waals surface area contributed by atoms with E-state index in [2.05, 4.69) is 10.3 Å². The van der Waals surface area contributed by atoms with Gasteiger partial charge in [-0.3, -0.25) is 0 Å². The Balaban J connectivity index is 0.00000192. The van der Waals surface area contributed by atoms with Crippen molar-refractivity contribution in [2.75, 3.05) is 26.1 Å². The van der Waals surface area contributed by atoms with Gasteiger partial charge < -0.3 is 25.3 Å². The first-order chi connectivity index (χ1) is 10.7. The van der Waals surface area contributed by atoms with E-state index in [9.17, 15) is 0 Å². The Morgan fingerprint density at radius 3 is 2.87 bits per heavy atom. The first-order valence-corrected chi connectivity index (χ1v) is 7.65. The molecular weight excluding hydrogens is 409 g/mol. The Morgan fingerprint density at radius 1 is 1.35 bits per heavy atom. The quantitative estimate of drug-likeness (QED) is 0.434. The van der Waals surface area contributed by atoms with Crippen molar-refractivity contribution in [3.8, 4) is 11.5 Å². The molecule has 0 radical (unpaired) electrons. The summed E-state index contributed by atoms with van der Waals surface area (Å²) in [7, 11) is 3.25. The minimum Gasteiger partial charge on any atom is -0.497 e. The van der Waals surface area contributed by atoms with Gasteiger partial charge in [0.2, 0.25) is 0 Å². The molecule has 23 heavy (non-hydrogen) atoms. The Kier molecular flexibility index (Phi) is 6.34. The van der Waals surface area contributed by atoms with Crippen LogP contribution in [0.4, 0.5) is 5.69 Å². The van der Waals surface area contributed by atoms with Crippen LogP contribution < -0.4 is 20.5 Å². The highest BCUT2D eigenvalue weighted by atomic mass is 127. The van der Waals surface area contributed by atoms with Gasteiger partial charge in [0.15, 0.2) is 5.96 Å². The Bertz CT molecular complexity index is 568. The number of nitrogens with zero attached hydrogens (tertiary/aromatic N) is 1. The molecule has 1 aliphatic carbocycles. The monoisotopic (exact) mass is 433 g/mol. The van der Waals surface area contributed by atoms with Crippen LogP contribution in [0, 0.1) is 5.92 Å². The lowest BCUT2D eigenvalue weighted by molar-refractivity contribution is -0.0937. The summed E-state index contributed by atoms with van der Waals surface area (Å²) >= 11 is 0. The fraction of sp³-hybridized carbons (Fsp3) is 0.562. The summed E-state index contributed by atoms with van der Waals surface area (Å²) in [5.74, 6) is 2.36. The van der Waals surface area contributed by atoms with Gasteiger partial charge >= 0.3 is 0 Å². The summed E-state index contributed by atoms with van der Waals surface area (Å²) < 4.78 is 16.3. The fourth-order valence-electron chi connectivity index (χ4n) is 3.17. The third kappa shape index (κ3) is 4.00. The van der Waals surface area contributed by atoms with Gasteiger partial charge in [0.1, 0.15) is 11.5 Å². The first-order valence-electron chi connectivity index (χ1n) is 7.65. The summed E-state index contributed by atoms with van der Waals surface area (Å²) in [6.45, 7) is 0.881. The minimum absolute atomic E-state index is 0. The van der Waals surface area contributed by atoms with Gasteiger partial charge in [0, 0.05) is 18.6 Å². The SMILES string of the molecule is COc1ccc(OC)c(NC(N)=NC2CC3OCCCC23)c1.I. The molecule has 1 aromatic rings. The molecular formula is C16H24IN3O3. The van der Waals surface area contributed by atoms with Gasteiger partial charge in [-0.15, -0.1) is 24.0 Å². The predicted octanol–water partition coefficient (Wildman–Crippen LogP) is 2.62. The molecule has 1 aliphatic heterocycles. The van der Waals surface area contributed by atoms with E-state index in [1.807, 2.05) is 18.2 Å². The highest BCUT2D eigenvalue weighted by Gasteiger charge is 2.43. The van der Waals surface area contributed by atoms with Crippen molar-refractivity contribution < 1.29 is 14.2 Å². The molecule has 6 nitrogen and oxygen atoms in total. The van der Waals surface area contributed by atoms with Gasteiger partial charge in [0.05, 0.1) is 32.1 Å². The molecule has 0 amide bonds. The molecule has 7 heteroatoms. The topological polar surface area (TPSA) is 78.1 Å². The smallest absolute Gasteiger partial charge is 0.193 e. The maximum absolute atomic E-state index is 6.05. The molecule has 0 aromatic heterocycles. The summed E-state index contributed by atoms with van der Waals surface area (Å²) in [5.41, 5.74) is 6.80. The van der Waals surface area contributed by atoms with Crippen LogP contribution in [-0.4, -0.2) is 38.9 Å². The summed E-state index contributed by atoms with van der Waals surface area (Å²) in [6.07, 6.45) is 3.63. The molecule has 3 unspecified atom stereocenters. The van der Waals surface area contributed by atoms with Crippen LogP contribution in [-0.2, 0) is 4.74 Å². The van der Waals surface area contributed by atoms with Crippen molar-refractivity contribution in [2.24, 2.45) is 16.6 Å². The Morgan fingerprint density at radius 2 is 2.17 bits per heavy atom. The van der Waals surface area contributed by atoms with Crippen LogP contribution in [0.1, 0.15) is 19.3 Å². The van der Waals surface area contributed by atoms with Crippen LogP contribution in [0.5, 0.6) is 11.5 Å². The van der Waals surface area contributed by atoms with E-state index in [1.165, 1.54) is 6.42 Å². The number of guanidine groups is 1. The van der Waals surface area contributed by atoms with E-state index in [0.717, 1.165) is 30.9 Å². The number of aliphatic imine (C=N–C) groups is 1. The van der Waals surface area contributed by atoms with E-state index < -0.39 is 0 Å². The first kappa shape index (κ1) is 18.1. The molecule has 0 bridgehead atoms. The molecule has 1 aromatic carbocycles. The van der Waals surface area contributed by atoms with Crippen molar-refractivity contribution in [1.82, 2.24) is 0 Å². The van der Waals surface area contributed by atoms with Crippen LogP contribution in [0.15, 0.2) is 23.2 Å². The van der Waals surface area contributed by atoms with E-state index >= 15 is 0 Å². The molecule has 3 rings (SSSR count). The van der Waals surface area contributed by atoms with Gasteiger partial charge in [-0.25, -0.2) is 4.99 Å². The summed E-state index contributed by atoms with van der Waals surface area (Å²) in [6, 6.07) is 5.78. The lowest BCUT2D eigenvalue weighted by atomic mass is 9.73. The minimum atomic E-state index is 0. The molecule has 128 valence electrons. The molecule has 1 saturated heterocycles. The van der Waals surface area contributed by atoms with Crippen molar-refractivity contribution in [1.29, 1.82) is 0 Å². The normalized spacial score (nSPS) is 26.3. The molecule has 1 heterocycles. The third-order valence-electron chi connectivity index (χ3n) is 4.43. The molecule has 2 fully saturated rings. The third-order valence-corrected chi connectivity index (χ3v) is 4.43. The average Bonchev–Trinajstić information content (AvgIpc) is 2.52. The van der Waals surface area contributed by atoms with Gasteiger partial charge in [-0.05, 0) is 31.4 Å². The Hall–Kier alpha value is -1.22. The molecule has 3 atom stereocenters. The van der Waals surface area contributed by atoms with Crippen LogP contribution in [0.25, 0.3) is 0 Å².